The second-order valence-electron chi connectivity index (χ2n) is 6.31. The molecule has 8 heteroatoms. The number of pyridine rings is 1. The molecule has 2 aromatic rings. The maximum absolute atomic E-state index is 14.7. The van der Waals surface area contributed by atoms with Gasteiger partial charge in [0.1, 0.15) is 18.9 Å². The fourth-order valence-electron chi connectivity index (χ4n) is 2.72. The van der Waals surface area contributed by atoms with Crippen LogP contribution >= 0.6 is 0 Å². The quantitative estimate of drug-likeness (QED) is 0.417. The Bertz CT molecular complexity index is 810. The third-order valence-electron chi connectivity index (χ3n) is 4.18. The molecule has 1 aliphatic rings. The highest BCUT2D eigenvalue weighted by Crippen LogP contribution is 2.28. The van der Waals surface area contributed by atoms with Crippen molar-refractivity contribution in [2.24, 2.45) is 5.73 Å². The first-order valence-corrected chi connectivity index (χ1v) is 8.54. The molecule has 0 aliphatic carbocycles. The number of amidine groups is 1. The zero-order valence-electron chi connectivity index (χ0n) is 14.7. The van der Waals surface area contributed by atoms with E-state index in [4.69, 9.17) is 20.6 Å². The summed E-state index contributed by atoms with van der Waals surface area (Å²) in [6, 6.07) is 8.77. The number of hydrogen-bond donors (Lipinski definition) is 2. The van der Waals surface area contributed by atoms with Crippen molar-refractivity contribution in [3.05, 3.63) is 59.7 Å². The summed E-state index contributed by atoms with van der Waals surface area (Å²) in [5, 5.41) is 7.06. The molecule has 0 atom stereocenters. The van der Waals surface area contributed by atoms with Gasteiger partial charge in [-0.25, -0.2) is 4.39 Å². The van der Waals surface area contributed by atoms with Gasteiger partial charge in [-0.05, 0) is 17.7 Å². The first-order valence-electron chi connectivity index (χ1n) is 8.54. The van der Waals surface area contributed by atoms with Crippen LogP contribution in [0.3, 0.4) is 0 Å². The third kappa shape index (κ3) is 5.01. The summed E-state index contributed by atoms with van der Waals surface area (Å²) in [7, 11) is 0. The molecule has 27 heavy (non-hydrogen) atoms. The van der Waals surface area contributed by atoms with Crippen molar-refractivity contribution in [3.63, 3.8) is 0 Å². The topological polar surface area (TPSA) is 102 Å². The highest BCUT2D eigenvalue weighted by atomic mass is 19.1. The van der Waals surface area contributed by atoms with Gasteiger partial charge in [0.2, 0.25) is 0 Å². The lowest BCUT2D eigenvalue weighted by molar-refractivity contribution is -0.143. The van der Waals surface area contributed by atoms with Crippen LogP contribution < -0.4 is 10.6 Å². The van der Waals surface area contributed by atoms with Crippen molar-refractivity contribution in [2.45, 2.75) is 25.7 Å². The van der Waals surface area contributed by atoms with Gasteiger partial charge in [-0.2, -0.15) is 0 Å². The molecule has 7 nitrogen and oxygen atoms in total. The van der Waals surface area contributed by atoms with Gasteiger partial charge >= 0.3 is 5.97 Å². The van der Waals surface area contributed by atoms with Crippen molar-refractivity contribution in [3.8, 4) is 0 Å². The molecule has 142 valence electrons. The number of rotatable bonds is 8. The van der Waals surface area contributed by atoms with E-state index in [1.165, 1.54) is 0 Å². The fraction of sp³-hybridized carbons (Fsp3) is 0.316. The molecule has 0 spiro atoms. The van der Waals surface area contributed by atoms with Crippen molar-refractivity contribution >= 4 is 17.5 Å². The standard InChI is InChI=1S/C19H21FN4O3/c20-19-14(12-27-18(25)7-17(21)22)4-1-5-16(19)24-9-15(10-24)26-11-13-3-2-6-23-8-13/h1-6,8,15H,7,9-12H2,(H3,21,22). The molecule has 0 radical (unpaired) electrons. The van der Waals surface area contributed by atoms with E-state index in [0.29, 0.717) is 25.4 Å². The highest BCUT2D eigenvalue weighted by molar-refractivity contribution is 5.94. The Balaban J connectivity index is 1.51. The van der Waals surface area contributed by atoms with Crippen molar-refractivity contribution in [1.82, 2.24) is 4.98 Å². The molecule has 1 aromatic carbocycles. The summed E-state index contributed by atoms with van der Waals surface area (Å²) >= 11 is 0. The predicted octanol–water partition coefficient (Wildman–Crippen LogP) is 2.00. The molecule has 0 bridgehead atoms. The van der Waals surface area contributed by atoms with Gasteiger partial charge in [0.15, 0.2) is 5.82 Å². The maximum atomic E-state index is 14.7. The lowest BCUT2D eigenvalue weighted by Gasteiger charge is -2.41. The number of ether oxygens (including phenoxy) is 2. The second-order valence-corrected chi connectivity index (χ2v) is 6.31. The van der Waals surface area contributed by atoms with Gasteiger partial charge in [0.25, 0.3) is 0 Å². The Labute approximate surface area is 156 Å². The zero-order valence-corrected chi connectivity index (χ0v) is 14.7. The molecule has 0 amide bonds. The summed E-state index contributed by atoms with van der Waals surface area (Å²) in [6.07, 6.45) is 3.19. The monoisotopic (exact) mass is 372 g/mol. The molecule has 1 saturated heterocycles. The number of anilines is 1. The van der Waals surface area contributed by atoms with E-state index in [2.05, 4.69) is 4.98 Å². The Kier molecular flexibility index (Phi) is 5.97. The SMILES string of the molecule is N=C(N)CC(=O)OCc1cccc(N2CC(OCc3cccnc3)C2)c1F. The van der Waals surface area contributed by atoms with Crippen LogP contribution in [-0.4, -0.2) is 36.0 Å². The molecule has 1 aromatic heterocycles. The van der Waals surface area contributed by atoms with E-state index >= 15 is 0 Å². The molecular weight excluding hydrogens is 351 g/mol. The van der Waals surface area contributed by atoms with Crippen molar-refractivity contribution in [2.75, 3.05) is 18.0 Å². The maximum Gasteiger partial charge on any atom is 0.313 e. The summed E-state index contributed by atoms with van der Waals surface area (Å²) in [4.78, 5) is 17.4. The lowest BCUT2D eigenvalue weighted by atomic mass is 10.1. The van der Waals surface area contributed by atoms with Crippen LogP contribution in [0.2, 0.25) is 0 Å². The largest absolute Gasteiger partial charge is 0.460 e. The molecule has 1 fully saturated rings. The van der Waals surface area contributed by atoms with Crippen LogP contribution in [0.25, 0.3) is 0 Å². The number of halogens is 1. The van der Waals surface area contributed by atoms with Crippen LogP contribution in [0.5, 0.6) is 0 Å². The molecular formula is C19H21FN4O3. The van der Waals surface area contributed by atoms with Crippen LogP contribution in [0.15, 0.2) is 42.7 Å². The van der Waals surface area contributed by atoms with Gasteiger partial charge in [0, 0.05) is 31.0 Å². The summed E-state index contributed by atoms with van der Waals surface area (Å²) < 4.78 is 25.4. The summed E-state index contributed by atoms with van der Waals surface area (Å²) in [5.74, 6) is -1.36. The van der Waals surface area contributed by atoms with Crippen LogP contribution in [0.4, 0.5) is 10.1 Å². The molecule has 0 unspecified atom stereocenters. The first-order chi connectivity index (χ1) is 13.0. The number of nitrogens with two attached hydrogens (primary N) is 1. The minimum atomic E-state index is -0.653. The van der Waals surface area contributed by atoms with Gasteiger partial charge in [0.05, 0.1) is 18.4 Å². The van der Waals surface area contributed by atoms with Crippen LogP contribution in [-0.2, 0) is 27.5 Å². The molecule has 3 rings (SSSR count). The normalized spacial score (nSPS) is 13.9. The average Bonchev–Trinajstić information content (AvgIpc) is 2.61. The molecule has 1 aliphatic heterocycles. The number of aromatic nitrogens is 1. The van der Waals surface area contributed by atoms with E-state index < -0.39 is 11.8 Å². The first kappa shape index (κ1) is 18.8. The Morgan fingerprint density at radius 1 is 1.30 bits per heavy atom. The summed E-state index contributed by atoms with van der Waals surface area (Å²) in [5.41, 5.74) is 6.88. The molecule has 0 saturated carbocycles. The number of carbonyl (C=O) groups is 1. The van der Waals surface area contributed by atoms with E-state index in [0.717, 1.165) is 5.56 Å². The number of benzene rings is 1. The number of carbonyl (C=O) groups excluding carboxylic acids is 1. The number of nitrogens with one attached hydrogen (secondary N) is 1. The molecule has 2 heterocycles. The Morgan fingerprint density at radius 2 is 2.11 bits per heavy atom. The van der Waals surface area contributed by atoms with E-state index in [9.17, 15) is 9.18 Å². The van der Waals surface area contributed by atoms with E-state index in [1.54, 1.807) is 30.6 Å². The van der Waals surface area contributed by atoms with Crippen LogP contribution in [0, 0.1) is 11.2 Å². The van der Waals surface area contributed by atoms with Gasteiger partial charge in [-0.1, -0.05) is 18.2 Å². The Hall–Kier alpha value is -3.00. The average molecular weight is 372 g/mol. The predicted molar refractivity (Wildman–Crippen MR) is 97.8 cm³/mol. The van der Waals surface area contributed by atoms with Crippen LogP contribution in [0.1, 0.15) is 17.5 Å². The minimum absolute atomic E-state index is 0.0293. The second kappa shape index (κ2) is 8.59. The number of esters is 1. The highest BCUT2D eigenvalue weighted by Gasteiger charge is 2.30. The van der Waals surface area contributed by atoms with Crippen molar-refractivity contribution in [1.29, 1.82) is 5.41 Å². The van der Waals surface area contributed by atoms with E-state index in [1.807, 2.05) is 17.0 Å². The smallest absolute Gasteiger partial charge is 0.313 e. The van der Waals surface area contributed by atoms with Gasteiger partial charge in [-0.3, -0.25) is 15.2 Å². The minimum Gasteiger partial charge on any atom is -0.460 e. The lowest BCUT2D eigenvalue weighted by Crippen LogP contribution is -2.52. The Morgan fingerprint density at radius 3 is 2.81 bits per heavy atom. The fourth-order valence-corrected chi connectivity index (χ4v) is 2.72. The molecule has 3 N–H and O–H groups in total. The van der Waals surface area contributed by atoms with Gasteiger partial charge < -0.3 is 20.1 Å². The number of nitrogens with zero attached hydrogens (tertiary/aromatic N) is 2. The van der Waals surface area contributed by atoms with Crippen molar-refractivity contribution < 1.29 is 18.7 Å². The van der Waals surface area contributed by atoms with E-state index in [-0.39, 0.29) is 30.5 Å². The number of hydrogen-bond acceptors (Lipinski definition) is 6. The third-order valence-corrected chi connectivity index (χ3v) is 4.18. The zero-order chi connectivity index (χ0) is 19.2. The summed E-state index contributed by atoms with van der Waals surface area (Å²) in [6.45, 7) is 1.46. The van der Waals surface area contributed by atoms with Gasteiger partial charge in [-0.15, -0.1) is 0 Å².